The molecule has 2 saturated carbocycles. The van der Waals surface area contributed by atoms with Gasteiger partial charge in [0.2, 0.25) is 5.95 Å². The Morgan fingerprint density at radius 2 is 1.64 bits per heavy atom. The number of anilines is 3. The van der Waals surface area contributed by atoms with Crippen LogP contribution in [0.2, 0.25) is 0 Å². The van der Waals surface area contributed by atoms with Crippen molar-refractivity contribution in [3.63, 3.8) is 0 Å². The molecule has 3 aromatic rings. The second kappa shape index (κ2) is 13.4. The number of hydrogen-bond donors (Lipinski definition) is 4. The highest BCUT2D eigenvalue weighted by Gasteiger charge is 2.27. The fraction of sp³-hybridized carbons (Fsp3) is 0.424. The first kappa shape index (κ1) is 29.5. The molecule has 2 amide bonds. The zero-order chi connectivity index (χ0) is 30.5. The van der Waals surface area contributed by atoms with Crippen LogP contribution in [0.25, 0.3) is 0 Å². The molecule has 1 aromatic carbocycles. The minimum atomic E-state index is -0.269. The Morgan fingerprint density at radius 1 is 0.909 bits per heavy atom. The van der Waals surface area contributed by atoms with E-state index in [1.807, 2.05) is 29.2 Å². The Balaban J connectivity index is 1.14. The van der Waals surface area contributed by atoms with Gasteiger partial charge in [-0.05, 0) is 87.9 Å². The van der Waals surface area contributed by atoms with Crippen LogP contribution >= 0.6 is 0 Å². The third-order valence-electron chi connectivity index (χ3n) is 8.26. The van der Waals surface area contributed by atoms with Crippen molar-refractivity contribution in [2.24, 2.45) is 0 Å². The van der Waals surface area contributed by atoms with Gasteiger partial charge in [0.05, 0.1) is 6.10 Å². The average Bonchev–Trinajstić information content (AvgIpc) is 3.86. The summed E-state index contributed by atoms with van der Waals surface area (Å²) < 4.78 is 0. The van der Waals surface area contributed by atoms with Crippen LogP contribution in [0.3, 0.4) is 0 Å². The van der Waals surface area contributed by atoms with E-state index in [9.17, 15) is 14.7 Å². The molecule has 1 aliphatic heterocycles. The number of amides is 2. The van der Waals surface area contributed by atoms with Gasteiger partial charge >= 0.3 is 0 Å². The summed E-state index contributed by atoms with van der Waals surface area (Å²) in [6.45, 7) is 2.99. The molecule has 44 heavy (non-hydrogen) atoms. The molecule has 1 saturated heterocycles. The maximum atomic E-state index is 13.5. The van der Waals surface area contributed by atoms with Crippen molar-refractivity contribution in [2.75, 3.05) is 43.9 Å². The lowest BCUT2D eigenvalue weighted by Gasteiger charge is -2.33. The number of pyridine rings is 1. The van der Waals surface area contributed by atoms with Crippen LogP contribution in [-0.2, 0) is 0 Å². The number of rotatable bonds is 7. The van der Waals surface area contributed by atoms with Gasteiger partial charge in [0.1, 0.15) is 17.1 Å². The van der Waals surface area contributed by atoms with Gasteiger partial charge in [0.25, 0.3) is 11.8 Å². The molecule has 2 aliphatic carbocycles. The van der Waals surface area contributed by atoms with E-state index in [-0.39, 0.29) is 24.0 Å². The van der Waals surface area contributed by atoms with Crippen LogP contribution in [0.1, 0.15) is 70.5 Å². The Bertz CT molecular complexity index is 1550. The molecule has 3 aliphatic rings. The van der Waals surface area contributed by atoms with Crippen molar-refractivity contribution in [1.29, 1.82) is 0 Å². The Labute approximate surface area is 257 Å². The zero-order valence-electron chi connectivity index (χ0n) is 24.9. The highest BCUT2D eigenvalue weighted by molar-refractivity contribution is 5.99. The summed E-state index contributed by atoms with van der Waals surface area (Å²) in [7, 11) is 2.06. The van der Waals surface area contributed by atoms with Gasteiger partial charge in [-0.3, -0.25) is 9.59 Å². The van der Waals surface area contributed by atoms with Crippen LogP contribution in [0, 0.1) is 11.8 Å². The molecular weight excluding hydrogens is 556 g/mol. The van der Waals surface area contributed by atoms with Crippen LogP contribution in [0.15, 0.2) is 48.8 Å². The number of nitrogens with zero attached hydrogens (tertiary/aromatic N) is 5. The second-order valence-electron chi connectivity index (χ2n) is 11.8. The molecule has 228 valence electrons. The number of benzene rings is 1. The summed E-state index contributed by atoms with van der Waals surface area (Å²) in [4.78, 5) is 43.4. The predicted molar refractivity (Wildman–Crippen MR) is 168 cm³/mol. The molecule has 0 radical (unpaired) electrons. The lowest BCUT2D eigenvalue weighted by atomic mass is 9.93. The van der Waals surface area contributed by atoms with Crippen LogP contribution in [0.4, 0.5) is 17.5 Å². The highest BCUT2D eigenvalue weighted by Crippen LogP contribution is 2.26. The third-order valence-corrected chi connectivity index (χ3v) is 8.26. The smallest absolute Gasteiger partial charge is 0.259 e. The number of carbonyl (C=O) groups excluding carboxylic acids is 2. The number of aliphatic hydroxyl groups is 1. The molecule has 0 bridgehead atoms. The minimum absolute atomic E-state index is 0.0745. The van der Waals surface area contributed by atoms with E-state index >= 15 is 0 Å². The van der Waals surface area contributed by atoms with Gasteiger partial charge in [0.15, 0.2) is 0 Å². The number of aromatic nitrogens is 3. The summed E-state index contributed by atoms with van der Waals surface area (Å²) in [6, 6.07) is 11.4. The first-order valence-electron chi connectivity index (χ1n) is 15.3. The Kier molecular flexibility index (Phi) is 9.00. The summed E-state index contributed by atoms with van der Waals surface area (Å²) in [5.41, 5.74) is 3.11. The van der Waals surface area contributed by atoms with Crippen molar-refractivity contribution in [3.05, 3.63) is 71.2 Å². The summed E-state index contributed by atoms with van der Waals surface area (Å²) in [5.74, 6) is 6.87. The molecule has 3 heterocycles. The van der Waals surface area contributed by atoms with Gasteiger partial charge in [-0.2, -0.15) is 4.98 Å². The number of hydrogen-bond acceptors (Lipinski definition) is 9. The van der Waals surface area contributed by atoms with Crippen molar-refractivity contribution >= 4 is 29.3 Å². The molecule has 4 N–H and O–H groups in total. The van der Waals surface area contributed by atoms with Gasteiger partial charge < -0.3 is 30.9 Å². The fourth-order valence-corrected chi connectivity index (χ4v) is 5.34. The summed E-state index contributed by atoms with van der Waals surface area (Å²) >= 11 is 0. The van der Waals surface area contributed by atoms with Crippen LogP contribution < -0.4 is 16.0 Å². The standard InChI is InChI=1S/C33H38N8O3/c1-40-16-18-41(19-17-40)32(44)29-21-35-33(39-30(29)36-24-10-12-28(42)13-11-24)38-26-5-2-22(3-6-26)4-7-27-20-23(14-15-34-27)31(43)37-25-8-9-25/h2-3,5-6,14-15,20-21,24-25,28,42H,8-13,16-19H2,1H3,(H,37,43)(H2,35,36,38,39). The number of aliphatic hydroxyl groups excluding tert-OH is 1. The Morgan fingerprint density at radius 3 is 2.36 bits per heavy atom. The number of piperazine rings is 1. The summed E-state index contributed by atoms with van der Waals surface area (Å²) in [5, 5.41) is 19.7. The average molecular weight is 595 g/mol. The van der Waals surface area contributed by atoms with Crippen molar-refractivity contribution in [3.8, 4) is 11.8 Å². The zero-order valence-corrected chi connectivity index (χ0v) is 24.9. The van der Waals surface area contributed by atoms with E-state index in [1.165, 1.54) is 0 Å². The minimum Gasteiger partial charge on any atom is -0.393 e. The lowest BCUT2D eigenvalue weighted by molar-refractivity contribution is 0.0664. The molecule has 0 atom stereocenters. The predicted octanol–water partition coefficient (Wildman–Crippen LogP) is 3.01. The molecule has 6 rings (SSSR count). The topological polar surface area (TPSA) is 136 Å². The normalized spacial score (nSPS) is 20.3. The molecule has 2 aromatic heterocycles. The quantitative estimate of drug-likeness (QED) is 0.305. The van der Waals surface area contributed by atoms with Crippen LogP contribution in [0.5, 0.6) is 0 Å². The molecule has 3 fully saturated rings. The maximum absolute atomic E-state index is 13.5. The third kappa shape index (κ3) is 7.70. The van der Waals surface area contributed by atoms with E-state index in [2.05, 4.69) is 49.7 Å². The molecule has 0 unspecified atom stereocenters. The van der Waals surface area contributed by atoms with E-state index in [4.69, 9.17) is 4.98 Å². The van der Waals surface area contributed by atoms with Crippen LogP contribution in [-0.4, -0.2) is 93.1 Å². The Hall–Kier alpha value is -4.53. The van der Waals surface area contributed by atoms with Crippen molar-refractivity contribution < 1.29 is 14.7 Å². The number of likely N-dealkylation sites (N-methyl/N-ethyl adjacent to an activating group) is 1. The lowest BCUT2D eigenvalue weighted by Crippen LogP contribution is -2.47. The van der Waals surface area contributed by atoms with Gasteiger partial charge in [-0.25, -0.2) is 9.97 Å². The van der Waals surface area contributed by atoms with Gasteiger partial charge in [-0.15, -0.1) is 0 Å². The monoisotopic (exact) mass is 594 g/mol. The van der Waals surface area contributed by atoms with Gasteiger partial charge in [-0.1, -0.05) is 5.92 Å². The van der Waals surface area contributed by atoms with Crippen molar-refractivity contribution in [2.45, 2.75) is 56.7 Å². The first-order chi connectivity index (χ1) is 21.4. The fourth-order valence-electron chi connectivity index (χ4n) is 5.34. The molecular formula is C33H38N8O3. The molecule has 11 heteroatoms. The largest absolute Gasteiger partial charge is 0.393 e. The van der Waals surface area contributed by atoms with Crippen molar-refractivity contribution in [1.82, 2.24) is 30.1 Å². The van der Waals surface area contributed by atoms with E-state index in [0.29, 0.717) is 47.7 Å². The molecule has 11 nitrogen and oxygen atoms in total. The first-order valence-corrected chi connectivity index (χ1v) is 15.3. The SMILES string of the molecule is CN1CCN(C(=O)c2cnc(Nc3ccc(C#Cc4cc(C(=O)NC5CC5)ccn4)cc3)nc2NC2CCC(O)CC2)CC1. The second-order valence-corrected chi connectivity index (χ2v) is 11.8. The molecule has 0 spiro atoms. The number of carbonyl (C=O) groups is 2. The number of nitrogens with one attached hydrogen (secondary N) is 3. The van der Waals surface area contributed by atoms with E-state index in [1.54, 1.807) is 24.5 Å². The van der Waals surface area contributed by atoms with E-state index < -0.39 is 0 Å². The van der Waals surface area contributed by atoms with Gasteiger partial charge in [0, 0.05) is 67.5 Å². The maximum Gasteiger partial charge on any atom is 0.259 e. The van der Waals surface area contributed by atoms with E-state index in [0.717, 1.165) is 62.9 Å². The highest BCUT2D eigenvalue weighted by atomic mass is 16.3. The summed E-state index contributed by atoms with van der Waals surface area (Å²) in [6.07, 6.45) is 8.07.